The molecule has 1 atom stereocenters. The Morgan fingerprint density at radius 3 is 2.84 bits per heavy atom. The van der Waals surface area contributed by atoms with Crippen molar-refractivity contribution in [2.75, 3.05) is 24.7 Å². The van der Waals surface area contributed by atoms with Crippen molar-refractivity contribution in [2.45, 2.75) is 51.2 Å². The first-order valence-electron chi connectivity index (χ1n) is 8.93. The lowest BCUT2D eigenvalue weighted by atomic mass is 10.0. The summed E-state index contributed by atoms with van der Waals surface area (Å²) in [6, 6.07) is 2.00. The Labute approximate surface area is 146 Å². The standard InChI is InChI=1S/C17H23N5O3/c1-12-20-17(21-25-12)14-4-2-3-7-22(14)15-10-16(19-11-18-15)24-13-5-8-23-9-6-13/h10-11,13-14H,2-9H2,1H3. The van der Waals surface area contributed by atoms with E-state index in [1.807, 2.05) is 13.0 Å². The molecule has 0 saturated carbocycles. The predicted octanol–water partition coefficient (Wildman–Crippen LogP) is 2.46. The summed E-state index contributed by atoms with van der Waals surface area (Å²) in [5, 5.41) is 4.11. The number of hydrogen-bond acceptors (Lipinski definition) is 8. The van der Waals surface area contributed by atoms with Gasteiger partial charge in [0, 0.05) is 32.4 Å². The molecule has 2 aromatic heterocycles. The predicted molar refractivity (Wildman–Crippen MR) is 89.5 cm³/mol. The zero-order valence-corrected chi connectivity index (χ0v) is 14.4. The third kappa shape index (κ3) is 3.73. The lowest BCUT2D eigenvalue weighted by Crippen LogP contribution is -2.34. The molecule has 2 aromatic rings. The summed E-state index contributed by atoms with van der Waals surface area (Å²) in [6.07, 6.45) is 6.77. The zero-order chi connectivity index (χ0) is 17.1. The highest BCUT2D eigenvalue weighted by Crippen LogP contribution is 2.33. The Kier molecular flexibility index (Phi) is 4.78. The van der Waals surface area contributed by atoms with Crippen LogP contribution < -0.4 is 9.64 Å². The summed E-state index contributed by atoms with van der Waals surface area (Å²) in [6.45, 7) is 4.21. The van der Waals surface area contributed by atoms with Crippen molar-refractivity contribution < 1.29 is 14.0 Å². The highest BCUT2D eigenvalue weighted by molar-refractivity contribution is 5.43. The Morgan fingerprint density at radius 1 is 1.16 bits per heavy atom. The molecule has 2 aliphatic heterocycles. The van der Waals surface area contributed by atoms with Gasteiger partial charge in [0.05, 0.1) is 19.3 Å². The van der Waals surface area contributed by atoms with E-state index in [1.165, 1.54) is 0 Å². The molecule has 25 heavy (non-hydrogen) atoms. The molecule has 0 N–H and O–H groups in total. The van der Waals surface area contributed by atoms with Crippen molar-refractivity contribution in [3.8, 4) is 5.88 Å². The molecule has 0 aliphatic carbocycles. The van der Waals surface area contributed by atoms with Gasteiger partial charge in [-0.2, -0.15) is 4.98 Å². The highest BCUT2D eigenvalue weighted by Gasteiger charge is 2.29. The monoisotopic (exact) mass is 345 g/mol. The SMILES string of the molecule is Cc1nc(C2CCCCN2c2cc(OC3CCOCC3)ncn2)no1. The lowest BCUT2D eigenvalue weighted by Gasteiger charge is -2.34. The first kappa shape index (κ1) is 16.3. The molecule has 8 heteroatoms. The maximum atomic E-state index is 6.02. The van der Waals surface area contributed by atoms with E-state index in [-0.39, 0.29) is 12.1 Å². The van der Waals surface area contributed by atoms with Gasteiger partial charge in [-0.25, -0.2) is 9.97 Å². The molecule has 2 saturated heterocycles. The molecular formula is C17H23N5O3. The second kappa shape index (κ2) is 7.35. The van der Waals surface area contributed by atoms with Gasteiger partial charge in [0.2, 0.25) is 11.8 Å². The second-order valence-electron chi connectivity index (χ2n) is 6.52. The van der Waals surface area contributed by atoms with Crippen LogP contribution in [0, 0.1) is 6.92 Å². The number of hydrogen-bond donors (Lipinski definition) is 0. The number of anilines is 1. The van der Waals surface area contributed by atoms with Crippen LogP contribution in [0.1, 0.15) is 49.9 Å². The van der Waals surface area contributed by atoms with Gasteiger partial charge in [0.1, 0.15) is 18.2 Å². The Hall–Kier alpha value is -2.22. The van der Waals surface area contributed by atoms with Gasteiger partial charge in [-0.05, 0) is 19.3 Å². The number of aryl methyl sites for hydroxylation is 1. The van der Waals surface area contributed by atoms with Crippen LogP contribution in [-0.2, 0) is 4.74 Å². The van der Waals surface area contributed by atoms with E-state index in [4.69, 9.17) is 14.0 Å². The van der Waals surface area contributed by atoms with Gasteiger partial charge in [0.25, 0.3) is 0 Å². The van der Waals surface area contributed by atoms with Crippen LogP contribution in [0.2, 0.25) is 0 Å². The normalized spacial score (nSPS) is 22.1. The largest absolute Gasteiger partial charge is 0.474 e. The average molecular weight is 345 g/mol. The van der Waals surface area contributed by atoms with Crippen LogP contribution in [0.4, 0.5) is 5.82 Å². The fourth-order valence-corrected chi connectivity index (χ4v) is 3.44. The number of ether oxygens (including phenoxy) is 2. The highest BCUT2D eigenvalue weighted by atomic mass is 16.5. The van der Waals surface area contributed by atoms with Crippen LogP contribution in [0.25, 0.3) is 0 Å². The van der Waals surface area contributed by atoms with Crippen molar-refractivity contribution in [1.82, 2.24) is 20.1 Å². The topological polar surface area (TPSA) is 86.4 Å². The summed E-state index contributed by atoms with van der Waals surface area (Å²) in [4.78, 5) is 15.4. The van der Waals surface area contributed by atoms with E-state index in [1.54, 1.807) is 6.33 Å². The Bertz CT molecular complexity index is 701. The molecule has 4 rings (SSSR count). The van der Waals surface area contributed by atoms with Gasteiger partial charge >= 0.3 is 0 Å². The molecule has 2 fully saturated rings. The van der Waals surface area contributed by atoms with Crippen molar-refractivity contribution >= 4 is 5.82 Å². The van der Waals surface area contributed by atoms with E-state index in [9.17, 15) is 0 Å². The average Bonchev–Trinajstić information content (AvgIpc) is 3.09. The first-order chi connectivity index (χ1) is 12.3. The van der Waals surface area contributed by atoms with Crippen LogP contribution in [-0.4, -0.2) is 46.0 Å². The minimum atomic E-state index is 0.0806. The molecule has 0 bridgehead atoms. The fraction of sp³-hybridized carbons (Fsp3) is 0.647. The molecule has 134 valence electrons. The first-order valence-corrected chi connectivity index (χ1v) is 8.93. The van der Waals surface area contributed by atoms with Crippen LogP contribution in [0.15, 0.2) is 16.9 Å². The van der Waals surface area contributed by atoms with E-state index >= 15 is 0 Å². The molecule has 0 aromatic carbocycles. The minimum Gasteiger partial charge on any atom is -0.474 e. The minimum absolute atomic E-state index is 0.0806. The molecule has 0 spiro atoms. The third-order valence-corrected chi connectivity index (χ3v) is 4.72. The summed E-state index contributed by atoms with van der Waals surface area (Å²) >= 11 is 0. The summed E-state index contributed by atoms with van der Waals surface area (Å²) in [7, 11) is 0. The van der Waals surface area contributed by atoms with Gasteiger partial charge < -0.3 is 18.9 Å². The van der Waals surface area contributed by atoms with Crippen molar-refractivity contribution in [3.05, 3.63) is 24.1 Å². The fourth-order valence-electron chi connectivity index (χ4n) is 3.44. The quantitative estimate of drug-likeness (QED) is 0.835. The molecule has 8 nitrogen and oxygen atoms in total. The number of piperidine rings is 1. The molecular weight excluding hydrogens is 322 g/mol. The van der Waals surface area contributed by atoms with Crippen molar-refractivity contribution in [2.24, 2.45) is 0 Å². The van der Waals surface area contributed by atoms with Crippen molar-refractivity contribution in [1.29, 1.82) is 0 Å². The molecule has 1 unspecified atom stereocenters. The van der Waals surface area contributed by atoms with E-state index in [0.717, 1.165) is 63.5 Å². The Morgan fingerprint density at radius 2 is 2.04 bits per heavy atom. The van der Waals surface area contributed by atoms with Crippen LogP contribution in [0.3, 0.4) is 0 Å². The third-order valence-electron chi connectivity index (χ3n) is 4.72. The van der Waals surface area contributed by atoms with E-state index < -0.39 is 0 Å². The number of aromatic nitrogens is 4. The maximum Gasteiger partial charge on any atom is 0.223 e. The van der Waals surface area contributed by atoms with Gasteiger partial charge in [0.15, 0.2) is 5.82 Å². The number of rotatable bonds is 4. The zero-order valence-electron chi connectivity index (χ0n) is 14.4. The van der Waals surface area contributed by atoms with Crippen LogP contribution >= 0.6 is 0 Å². The van der Waals surface area contributed by atoms with Crippen molar-refractivity contribution in [3.63, 3.8) is 0 Å². The smallest absolute Gasteiger partial charge is 0.223 e. The van der Waals surface area contributed by atoms with Gasteiger partial charge in [-0.15, -0.1) is 0 Å². The Balaban J connectivity index is 1.53. The summed E-state index contributed by atoms with van der Waals surface area (Å²) in [5.74, 6) is 2.78. The number of nitrogens with zero attached hydrogens (tertiary/aromatic N) is 5. The molecule has 2 aliphatic rings. The van der Waals surface area contributed by atoms with Crippen LogP contribution in [0.5, 0.6) is 5.88 Å². The summed E-state index contributed by atoms with van der Waals surface area (Å²) in [5.41, 5.74) is 0. The maximum absolute atomic E-state index is 6.02. The van der Waals surface area contributed by atoms with E-state index in [2.05, 4.69) is 25.0 Å². The molecule has 0 radical (unpaired) electrons. The molecule has 4 heterocycles. The molecule has 0 amide bonds. The van der Waals surface area contributed by atoms with Gasteiger partial charge in [-0.3, -0.25) is 0 Å². The second-order valence-corrected chi connectivity index (χ2v) is 6.52. The van der Waals surface area contributed by atoms with E-state index in [0.29, 0.717) is 11.8 Å². The van der Waals surface area contributed by atoms with Gasteiger partial charge in [-0.1, -0.05) is 5.16 Å². The lowest BCUT2D eigenvalue weighted by molar-refractivity contribution is 0.0237. The summed E-state index contributed by atoms with van der Waals surface area (Å²) < 4.78 is 16.6.